The zero-order valence-corrected chi connectivity index (χ0v) is 19.0. The predicted octanol–water partition coefficient (Wildman–Crippen LogP) is 3.80. The van der Waals surface area contributed by atoms with Crippen molar-refractivity contribution >= 4 is 23.5 Å². The Kier molecular flexibility index (Phi) is 7.03. The number of amides is 2. The quantitative estimate of drug-likeness (QED) is 0.425. The monoisotopic (exact) mass is 446 g/mol. The van der Waals surface area contributed by atoms with Gasteiger partial charge in [-0.2, -0.15) is 0 Å². The summed E-state index contributed by atoms with van der Waals surface area (Å²) in [6.07, 6.45) is 1.76. The van der Waals surface area contributed by atoms with Crippen LogP contribution in [0.5, 0.6) is 17.2 Å². The number of rotatable bonds is 7. The number of phenols is 1. The molecule has 7 nitrogen and oxygen atoms in total. The first-order valence-electron chi connectivity index (χ1n) is 10.1. The summed E-state index contributed by atoms with van der Waals surface area (Å²) in [5.41, 5.74) is 8.49. The fraction of sp³-hybridized carbons (Fsp3) is 0.154. The number of carbonyl (C=O) groups is 2. The molecule has 0 aliphatic heterocycles. The van der Waals surface area contributed by atoms with Crippen LogP contribution in [0.3, 0.4) is 0 Å². The highest BCUT2D eigenvalue weighted by molar-refractivity contribution is 6.24. The highest BCUT2D eigenvalue weighted by Crippen LogP contribution is 2.34. The molecule has 0 bridgehead atoms. The molecule has 3 rings (SSSR count). The number of ether oxygens (including phenoxy) is 2. The average Bonchev–Trinajstić information content (AvgIpc) is 2.81. The topological polar surface area (TPSA) is 102 Å². The van der Waals surface area contributed by atoms with Crippen molar-refractivity contribution in [3.63, 3.8) is 0 Å². The number of nitrogens with zero attached hydrogens (tertiary/aromatic N) is 1. The molecule has 170 valence electrons. The van der Waals surface area contributed by atoms with E-state index in [1.807, 2.05) is 0 Å². The van der Waals surface area contributed by atoms with E-state index in [2.05, 4.69) is 0 Å². The molecular weight excluding hydrogens is 420 g/mol. The summed E-state index contributed by atoms with van der Waals surface area (Å²) in [5, 5.41) is 10.3. The minimum Gasteiger partial charge on any atom is -0.507 e. The number of likely N-dealkylation sites (N-methyl/N-ethyl adjacent to an activating group) is 1. The van der Waals surface area contributed by atoms with Crippen molar-refractivity contribution in [3.05, 3.63) is 77.4 Å². The molecule has 0 saturated heterocycles. The summed E-state index contributed by atoms with van der Waals surface area (Å²) in [5.74, 6) is 0.324. The summed E-state index contributed by atoms with van der Waals surface area (Å²) < 4.78 is 10.7. The van der Waals surface area contributed by atoms with Crippen molar-refractivity contribution in [2.75, 3.05) is 28.3 Å². The number of carbonyl (C=O) groups excluding carboxylic acids is 2. The molecule has 3 N–H and O–H groups in total. The normalized spacial score (nSPS) is 11.1. The van der Waals surface area contributed by atoms with Crippen LogP contribution in [-0.2, 0) is 4.79 Å². The van der Waals surface area contributed by atoms with Crippen molar-refractivity contribution < 1.29 is 24.2 Å². The maximum atomic E-state index is 13.0. The minimum atomic E-state index is -0.639. The maximum absolute atomic E-state index is 13.0. The Balaban J connectivity index is 2.11. The number of methoxy groups -OCH3 is 2. The van der Waals surface area contributed by atoms with Crippen molar-refractivity contribution in [3.8, 4) is 28.4 Å². The maximum Gasteiger partial charge on any atom is 0.253 e. The standard InChI is InChI=1S/C26H26N2O5/c1-28(2)26(31)22(14-16-12-19(32-3)15-20(13-16)33-4)17-8-10-18(11-9-17)24-21(25(27)30)6-5-7-23(24)29/h5-15,29H,1-4H3,(H2,27,30). The van der Waals surface area contributed by atoms with Crippen LogP contribution in [0.1, 0.15) is 21.5 Å². The molecule has 2 amide bonds. The molecule has 0 aliphatic carbocycles. The summed E-state index contributed by atoms with van der Waals surface area (Å²) in [7, 11) is 6.48. The van der Waals surface area contributed by atoms with Crippen molar-refractivity contribution in [2.45, 2.75) is 0 Å². The van der Waals surface area contributed by atoms with Gasteiger partial charge in [0, 0.05) is 31.3 Å². The summed E-state index contributed by atoms with van der Waals surface area (Å²) in [4.78, 5) is 26.3. The van der Waals surface area contributed by atoms with Crippen LogP contribution in [0.2, 0.25) is 0 Å². The van der Waals surface area contributed by atoms with Crippen LogP contribution >= 0.6 is 0 Å². The average molecular weight is 447 g/mol. The lowest BCUT2D eigenvalue weighted by Gasteiger charge is -2.16. The van der Waals surface area contributed by atoms with E-state index in [0.717, 1.165) is 5.56 Å². The second-order valence-electron chi connectivity index (χ2n) is 7.54. The van der Waals surface area contributed by atoms with Crippen LogP contribution in [0.25, 0.3) is 22.8 Å². The molecule has 33 heavy (non-hydrogen) atoms. The van der Waals surface area contributed by atoms with Crippen LogP contribution in [0.4, 0.5) is 0 Å². The van der Waals surface area contributed by atoms with Gasteiger partial charge < -0.3 is 25.2 Å². The lowest BCUT2D eigenvalue weighted by atomic mass is 9.95. The molecule has 0 unspecified atom stereocenters. The zero-order valence-electron chi connectivity index (χ0n) is 19.0. The Bertz CT molecular complexity index is 1190. The van der Waals surface area contributed by atoms with E-state index in [1.165, 1.54) is 11.0 Å². The molecule has 0 saturated carbocycles. The Morgan fingerprint density at radius 2 is 1.55 bits per heavy atom. The molecule has 3 aromatic rings. The fourth-order valence-corrected chi connectivity index (χ4v) is 3.45. The number of primary amides is 1. The van der Waals surface area contributed by atoms with Crippen molar-refractivity contribution in [1.29, 1.82) is 0 Å². The molecule has 7 heteroatoms. The van der Waals surface area contributed by atoms with E-state index in [1.54, 1.807) is 89.0 Å². The smallest absolute Gasteiger partial charge is 0.253 e. The van der Waals surface area contributed by atoms with Gasteiger partial charge in [0.05, 0.1) is 19.8 Å². The van der Waals surface area contributed by atoms with E-state index < -0.39 is 5.91 Å². The molecule has 0 spiro atoms. The summed E-state index contributed by atoms with van der Waals surface area (Å²) in [6, 6.07) is 17.0. The first-order chi connectivity index (χ1) is 15.7. The largest absolute Gasteiger partial charge is 0.507 e. The zero-order chi connectivity index (χ0) is 24.1. The number of hydrogen-bond acceptors (Lipinski definition) is 5. The predicted molar refractivity (Wildman–Crippen MR) is 128 cm³/mol. The van der Waals surface area contributed by atoms with Crippen molar-refractivity contribution in [1.82, 2.24) is 4.90 Å². The number of phenolic OH excluding ortho intramolecular Hbond substituents is 1. The Hall–Kier alpha value is -4.26. The van der Waals surface area contributed by atoms with Gasteiger partial charge in [-0.05, 0) is 47.0 Å². The van der Waals surface area contributed by atoms with Gasteiger partial charge in [0.1, 0.15) is 17.2 Å². The van der Waals surface area contributed by atoms with Gasteiger partial charge >= 0.3 is 0 Å². The third-order valence-electron chi connectivity index (χ3n) is 5.11. The van der Waals surface area contributed by atoms with Crippen LogP contribution in [0, 0.1) is 0 Å². The number of benzene rings is 3. The minimum absolute atomic E-state index is 0.0531. The molecule has 0 aromatic heterocycles. The highest BCUT2D eigenvalue weighted by Gasteiger charge is 2.17. The van der Waals surface area contributed by atoms with Gasteiger partial charge in [-0.25, -0.2) is 0 Å². The second kappa shape index (κ2) is 9.91. The SMILES string of the molecule is COc1cc(C=C(C(=O)N(C)C)c2ccc(-c3c(O)cccc3C(N)=O)cc2)cc(OC)c1. The van der Waals surface area contributed by atoms with Crippen molar-refractivity contribution in [2.24, 2.45) is 5.73 Å². The molecule has 0 fully saturated rings. The van der Waals surface area contributed by atoms with Gasteiger partial charge in [0.2, 0.25) is 5.91 Å². The molecule has 3 aromatic carbocycles. The molecular formula is C26H26N2O5. The second-order valence-corrected chi connectivity index (χ2v) is 7.54. The third-order valence-corrected chi connectivity index (χ3v) is 5.11. The van der Waals surface area contributed by atoms with E-state index in [-0.39, 0.29) is 17.2 Å². The number of aromatic hydroxyl groups is 1. The van der Waals surface area contributed by atoms with E-state index in [9.17, 15) is 14.7 Å². The highest BCUT2D eigenvalue weighted by atomic mass is 16.5. The third kappa shape index (κ3) is 5.15. The van der Waals surface area contributed by atoms with E-state index >= 15 is 0 Å². The summed E-state index contributed by atoms with van der Waals surface area (Å²) >= 11 is 0. The lowest BCUT2D eigenvalue weighted by molar-refractivity contribution is -0.122. The van der Waals surface area contributed by atoms with Gasteiger partial charge in [-0.1, -0.05) is 30.3 Å². The van der Waals surface area contributed by atoms with Crippen LogP contribution in [-0.4, -0.2) is 50.1 Å². The van der Waals surface area contributed by atoms with Gasteiger partial charge in [0.25, 0.3) is 5.91 Å². The first kappa shape index (κ1) is 23.4. The van der Waals surface area contributed by atoms with Crippen LogP contribution < -0.4 is 15.2 Å². The van der Waals surface area contributed by atoms with E-state index in [0.29, 0.717) is 33.8 Å². The van der Waals surface area contributed by atoms with Gasteiger partial charge in [-0.15, -0.1) is 0 Å². The number of hydrogen-bond donors (Lipinski definition) is 2. The molecule has 0 radical (unpaired) electrons. The molecule has 0 aliphatic rings. The molecule has 0 atom stereocenters. The Labute approximate surface area is 192 Å². The Morgan fingerprint density at radius 1 is 0.939 bits per heavy atom. The van der Waals surface area contributed by atoms with Crippen LogP contribution in [0.15, 0.2) is 60.7 Å². The first-order valence-corrected chi connectivity index (χ1v) is 10.1. The van der Waals surface area contributed by atoms with Gasteiger partial charge in [0.15, 0.2) is 0 Å². The van der Waals surface area contributed by atoms with E-state index in [4.69, 9.17) is 15.2 Å². The fourth-order valence-electron chi connectivity index (χ4n) is 3.45. The Morgan fingerprint density at radius 3 is 2.06 bits per heavy atom. The van der Waals surface area contributed by atoms with Gasteiger partial charge in [-0.3, -0.25) is 9.59 Å². The number of nitrogens with two attached hydrogens (primary N) is 1. The summed E-state index contributed by atoms with van der Waals surface area (Å²) in [6.45, 7) is 0. The molecule has 0 heterocycles. The lowest BCUT2D eigenvalue weighted by Crippen LogP contribution is -2.22.